The zero-order chi connectivity index (χ0) is 26.1. The van der Waals surface area contributed by atoms with Crippen molar-refractivity contribution in [1.82, 2.24) is 0 Å². The molecule has 0 heterocycles. The Kier molecular flexibility index (Phi) is 11.2. The summed E-state index contributed by atoms with van der Waals surface area (Å²) in [7, 11) is 0. The van der Waals surface area contributed by atoms with Gasteiger partial charge in [-0.3, -0.25) is 0 Å². The van der Waals surface area contributed by atoms with Gasteiger partial charge in [-0.2, -0.15) is 4.39 Å². The average molecular weight is 503 g/mol. The number of halogens is 3. The Bertz CT molecular complexity index is 915. The molecule has 3 rings (SSSR count). The second-order valence-electron chi connectivity index (χ2n) is 10.9. The molecule has 36 heavy (non-hydrogen) atoms. The minimum absolute atomic E-state index is 0.0627. The highest BCUT2D eigenvalue weighted by Crippen LogP contribution is 2.40. The maximum absolute atomic E-state index is 15.1. The van der Waals surface area contributed by atoms with Crippen LogP contribution < -0.4 is 0 Å². The maximum Gasteiger partial charge on any atom is 0.200 e. The van der Waals surface area contributed by atoms with Crippen LogP contribution in [-0.2, 0) is 11.2 Å². The van der Waals surface area contributed by atoms with Crippen LogP contribution in [0.2, 0.25) is 0 Å². The van der Waals surface area contributed by atoms with E-state index >= 15 is 4.39 Å². The van der Waals surface area contributed by atoms with E-state index in [0.717, 1.165) is 88.2 Å². The number of hydrogen-bond donors (Lipinski definition) is 0. The van der Waals surface area contributed by atoms with Crippen LogP contribution in [-0.4, -0.2) is 6.61 Å². The summed E-state index contributed by atoms with van der Waals surface area (Å²) in [6.45, 7) is 10.1. The second-order valence-corrected chi connectivity index (χ2v) is 10.9. The van der Waals surface area contributed by atoms with E-state index < -0.39 is 11.7 Å². The quantitative estimate of drug-likeness (QED) is 0.216. The van der Waals surface area contributed by atoms with Crippen molar-refractivity contribution in [3.8, 4) is 0 Å². The molecule has 0 aromatic heterocycles. The van der Waals surface area contributed by atoms with Crippen molar-refractivity contribution in [1.29, 1.82) is 0 Å². The zero-order valence-electron chi connectivity index (χ0n) is 22.6. The van der Waals surface area contributed by atoms with Gasteiger partial charge in [-0.25, -0.2) is 8.78 Å². The molecule has 0 atom stereocenters. The first kappa shape index (κ1) is 28.6. The van der Waals surface area contributed by atoms with Crippen LogP contribution in [0.25, 0.3) is 0 Å². The molecule has 2 fully saturated rings. The van der Waals surface area contributed by atoms with Gasteiger partial charge in [0.25, 0.3) is 0 Å². The fourth-order valence-electron chi connectivity index (χ4n) is 6.03. The summed E-state index contributed by atoms with van der Waals surface area (Å²) < 4.78 is 50.3. The summed E-state index contributed by atoms with van der Waals surface area (Å²) in [6.07, 6.45) is 13.4. The van der Waals surface area contributed by atoms with Crippen molar-refractivity contribution in [2.75, 3.05) is 6.61 Å². The number of hydrogen-bond acceptors (Lipinski definition) is 1. The Hall–Kier alpha value is -1.97. The summed E-state index contributed by atoms with van der Waals surface area (Å²) in [5.74, 6) is -0.889. The van der Waals surface area contributed by atoms with E-state index in [-0.39, 0.29) is 29.3 Å². The molecule has 0 unspecified atom stereocenters. The lowest BCUT2D eigenvalue weighted by molar-refractivity contribution is 0.135. The predicted octanol–water partition coefficient (Wildman–Crippen LogP) is 10.3. The molecule has 200 valence electrons. The first-order valence-corrected chi connectivity index (χ1v) is 14.2. The molecule has 0 aliphatic heterocycles. The van der Waals surface area contributed by atoms with Crippen LogP contribution in [0.15, 0.2) is 53.8 Å². The molecule has 0 spiro atoms. The molecule has 0 N–H and O–H groups in total. The molecule has 1 aromatic rings. The molecule has 0 amide bonds. The lowest BCUT2D eigenvalue weighted by Crippen LogP contribution is -2.19. The fourth-order valence-corrected chi connectivity index (χ4v) is 6.03. The molecule has 4 heteroatoms. The maximum atomic E-state index is 15.1. The number of aryl methyl sites for hydroxylation is 1. The molecule has 2 aliphatic carbocycles. The van der Waals surface area contributed by atoms with Crippen LogP contribution in [0.3, 0.4) is 0 Å². The van der Waals surface area contributed by atoms with Crippen LogP contribution >= 0.6 is 0 Å². The third-order valence-corrected chi connectivity index (χ3v) is 8.53. The topological polar surface area (TPSA) is 9.23 Å². The molecule has 1 nitrogen and oxygen atoms in total. The van der Waals surface area contributed by atoms with E-state index in [4.69, 9.17) is 4.74 Å². The van der Waals surface area contributed by atoms with Crippen molar-refractivity contribution in [2.24, 2.45) is 17.8 Å². The van der Waals surface area contributed by atoms with Gasteiger partial charge in [-0.05, 0) is 118 Å². The first-order valence-electron chi connectivity index (χ1n) is 14.2. The van der Waals surface area contributed by atoms with Gasteiger partial charge in [0.1, 0.15) is 5.82 Å². The summed E-state index contributed by atoms with van der Waals surface area (Å²) in [5.41, 5.74) is 2.33. The Labute approximate surface area is 216 Å². The summed E-state index contributed by atoms with van der Waals surface area (Å²) in [4.78, 5) is 0. The highest BCUT2D eigenvalue weighted by Gasteiger charge is 2.28. The van der Waals surface area contributed by atoms with Crippen molar-refractivity contribution in [2.45, 2.75) is 104 Å². The van der Waals surface area contributed by atoms with E-state index in [1.165, 1.54) is 0 Å². The SMILES string of the molecule is C=C(OCC1CCC(c2ccc(CCCC)cc2F)CC1)/C(F)=C(F)\C(=C/C)C1CCC(CC)CC1. The largest absolute Gasteiger partial charge is 0.491 e. The molecule has 2 saturated carbocycles. The number of benzene rings is 1. The zero-order valence-corrected chi connectivity index (χ0v) is 22.6. The molecule has 0 radical (unpaired) electrons. The minimum atomic E-state index is -0.973. The van der Waals surface area contributed by atoms with Crippen molar-refractivity contribution >= 4 is 0 Å². The Morgan fingerprint density at radius 1 is 0.972 bits per heavy atom. The Morgan fingerprint density at radius 2 is 1.64 bits per heavy atom. The van der Waals surface area contributed by atoms with E-state index in [0.29, 0.717) is 18.1 Å². The van der Waals surface area contributed by atoms with E-state index in [1.54, 1.807) is 19.1 Å². The van der Waals surface area contributed by atoms with Gasteiger partial charge in [0.2, 0.25) is 0 Å². The van der Waals surface area contributed by atoms with Gasteiger partial charge in [0.05, 0.1) is 6.61 Å². The van der Waals surface area contributed by atoms with Crippen molar-refractivity contribution in [3.63, 3.8) is 0 Å². The Balaban J connectivity index is 1.49. The lowest BCUT2D eigenvalue weighted by atomic mass is 9.77. The summed E-state index contributed by atoms with van der Waals surface area (Å²) in [6, 6.07) is 5.72. The molecular weight excluding hydrogens is 457 g/mol. The van der Waals surface area contributed by atoms with Crippen LogP contribution in [0.4, 0.5) is 13.2 Å². The lowest BCUT2D eigenvalue weighted by Gasteiger charge is -2.30. The fraction of sp³-hybridized carbons (Fsp3) is 0.625. The number of allylic oxidation sites excluding steroid dienone is 4. The number of unbranched alkanes of at least 4 members (excludes halogenated alkanes) is 1. The third kappa shape index (κ3) is 7.52. The second kappa shape index (κ2) is 14.1. The van der Waals surface area contributed by atoms with E-state index in [9.17, 15) is 8.78 Å². The van der Waals surface area contributed by atoms with Crippen LogP contribution in [0.1, 0.15) is 108 Å². The van der Waals surface area contributed by atoms with Crippen LogP contribution in [0, 0.1) is 23.6 Å². The minimum Gasteiger partial charge on any atom is -0.491 e. The predicted molar refractivity (Wildman–Crippen MR) is 144 cm³/mol. The van der Waals surface area contributed by atoms with Crippen molar-refractivity contribution < 1.29 is 17.9 Å². The summed E-state index contributed by atoms with van der Waals surface area (Å²) in [5, 5.41) is 0. The molecule has 2 aliphatic rings. The standard InChI is InChI=1S/C32H45F3O/c1-5-8-9-24-14-19-29(30(33)20-24)27-17-12-25(13-18-27)21-36-22(4)31(34)32(35)28(7-3)26-15-10-23(6-2)11-16-26/h7,14,19-20,23,25-27H,4-6,8-13,15-18,21H2,1-3H3/b28-7-,32-31-. The van der Waals surface area contributed by atoms with Crippen molar-refractivity contribution in [3.05, 3.63) is 70.8 Å². The molecule has 1 aromatic carbocycles. The molecule has 0 bridgehead atoms. The highest BCUT2D eigenvalue weighted by molar-refractivity contribution is 5.35. The monoisotopic (exact) mass is 502 g/mol. The van der Waals surface area contributed by atoms with E-state index in [1.807, 2.05) is 6.07 Å². The normalized spacial score (nSPS) is 25.9. The van der Waals surface area contributed by atoms with E-state index in [2.05, 4.69) is 26.5 Å². The van der Waals surface area contributed by atoms with Gasteiger partial charge >= 0.3 is 0 Å². The van der Waals surface area contributed by atoms with Gasteiger partial charge in [0.15, 0.2) is 17.4 Å². The average Bonchev–Trinajstić information content (AvgIpc) is 2.91. The van der Waals surface area contributed by atoms with Crippen LogP contribution in [0.5, 0.6) is 0 Å². The van der Waals surface area contributed by atoms with Gasteiger partial charge < -0.3 is 4.74 Å². The molecule has 0 saturated heterocycles. The Morgan fingerprint density at radius 3 is 2.22 bits per heavy atom. The highest BCUT2D eigenvalue weighted by atomic mass is 19.2. The number of rotatable bonds is 11. The van der Waals surface area contributed by atoms with Gasteiger partial charge in [-0.1, -0.05) is 51.5 Å². The summed E-state index contributed by atoms with van der Waals surface area (Å²) >= 11 is 0. The number of ether oxygens (including phenoxy) is 1. The van der Waals surface area contributed by atoms with Gasteiger partial charge in [-0.15, -0.1) is 0 Å². The first-order chi connectivity index (χ1) is 17.4. The van der Waals surface area contributed by atoms with Gasteiger partial charge in [0, 0.05) is 0 Å². The molecular formula is C32H45F3O. The smallest absolute Gasteiger partial charge is 0.200 e. The third-order valence-electron chi connectivity index (χ3n) is 8.53.